The van der Waals surface area contributed by atoms with Gasteiger partial charge >= 0.3 is 0 Å². The quantitative estimate of drug-likeness (QED) is 0.443. The molecule has 0 bridgehead atoms. The second-order valence-electron chi connectivity index (χ2n) is 5.70. The highest BCUT2D eigenvalue weighted by Crippen LogP contribution is 2.36. The molecule has 0 N–H and O–H groups in total. The number of hydrogen-bond donors (Lipinski definition) is 0. The molecule has 0 saturated carbocycles. The minimum absolute atomic E-state index is 0.150. The van der Waals surface area contributed by atoms with Crippen molar-refractivity contribution in [2.24, 2.45) is 0 Å². The average Bonchev–Trinajstić information content (AvgIpc) is 3.42. The number of aryl methyl sites for hydroxylation is 1. The highest BCUT2D eigenvalue weighted by atomic mass is 32.2. The summed E-state index contributed by atoms with van der Waals surface area (Å²) in [7, 11) is 1.62. The topological polar surface area (TPSA) is 100 Å². The van der Waals surface area contributed by atoms with Crippen molar-refractivity contribution in [3.63, 3.8) is 0 Å². The Labute approximate surface area is 158 Å². The van der Waals surface area contributed by atoms with Gasteiger partial charge in [-0.1, -0.05) is 11.8 Å². The number of nitrogens with zero attached hydrogens (tertiary/aromatic N) is 4. The third-order valence-electron chi connectivity index (χ3n) is 3.90. The molecule has 138 valence electrons. The number of thioether (sulfide) groups is 1. The first kappa shape index (κ1) is 17.3. The van der Waals surface area contributed by atoms with Gasteiger partial charge in [-0.05, 0) is 44.2 Å². The van der Waals surface area contributed by atoms with Crippen LogP contribution < -0.4 is 4.74 Å². The molecule has 0 saturated heterocycles. The molecule has 1 atom stereocenters. The summed E-state index contributed by atoms with van der Waals surface area (Å²) in [5.41, 5.74) is 1.60. The first-order chi connectivity index (χ1) is 13.1. The molecular formula is C18H16N4O4S. The highest BCUT2D eigenvalue weighted by Gasteiger charge is 2.20. The Hall–Kier alpha value is -3.07. The van der Waals surface area contributed by atoms with Gasteiger partial charge in [0.1, 0.15) is 11.5 Å². The molecule has 8 nitrogen and oxygen atoms in total. The molecule has 0 aliphatic rings. The zero-order valence-corrected chi connectivity index (χ0v) is 15.7. The van der Waals surface area contributed by atoms with E-state index in [0.717, 1.165) is 22.6 Å². The summed E-state index contributed by atoms with van der Waals surface area (Å²) in [6.45, 7) is 3.77. The fraction of sp³-hybridized carbons (Fsp3) is 0.222. The van der Waals surface area contributed by atoms with Gasteiger partial charge in [-0.25, -0.2) is 0 Å². The van der Waals surface area contributed by atoms with E-state index < -0.39 is 0 Å². The lowest BCUT2D eigenvalue weighted by atomic mass is 10.2. The minimum Gasteiger partial charge on any atom is -0.497 e. The second kappa shape index (κ2) is 7.28. The van der Waals surface area contributed by atoms with Gasteiger partial charge in [0.2, 0.25) is 11.8 Å². The zero-order chi connectivity index (χ0) is 18.8. The van der Waals surface area contributed by atoms with Crippen molar-refractivity contribution in [2.45, 2.75) is 24.3 Å². The Morgan fingerprint density at radius 3 is 2.44 bits per heavy atom. The Morgan fingerprint density at radius 1 is 0.963 bits per heavy atom. The summed E-state index contributed by atoms with van der Waals surface area (Å²) in [4.78, 5) is 0. The van der Waals surface area contributed by atoms with E-state index in [1.54, 1.807) is 19.4 Å². The first-order valence-electron chi connectivity index (χ1n) is 8.16. The van der Waals surface area contributed by atoms with Gasteiger partial charge in [0, 0.05) is 5.56 Å². The molecule has 4 rings (SSSR count). The van der Waals surface area contributed by atoms with Crippen LogP contribution in [-0.2, 0) is 0 Å². The Bertz CT molecular complexity index is 1040. The minimum atomic E-state index is -0.150. The molecule has 3 heterocycles. The van der Waals surface area contributed by atoms with Crippen molar-refractivity contribution in [3.8, 4) is 28.7 Å². The summed E-state index contributed by atoms with van der Waals surface area (Å²) in [6, 6.07) is 9.21. The van der Waals surface area contributed by atoms with Gasteiger partial charge in [0.15, 0.2) is 0 Å². The maximum atomic E-state index is 5.79. The summed E-state index contributed by atoms with van der Waals surface area (Å²) >= 11 is 1.35. The van der Waals surface area contributed by atoms with Gasteiger partial charge in [-0.2, -0.15) is 0 Å². The third-order valence-corrected chi connectivity index (χ3v) is 4.82. The van der Waals surface area contributed by atoms with Crippen LogP contribution in [0.1, 0.15) is 23.8 Å². The number of methoxy groups -OCH3 is 1. The number of ether oxygens (including phenoxy) is 1. The van der Waals surface area contributed by atoms with Crippen LogP contribution in [0.25, 0.3) is 22.9 Å². The van der Waals surface area contributed by atoms with Crippen LogP contribution >= 0.6 is 11.8 Å². The Balaban J connectivity index is 1.47. The average molecular weight is 384 g/mol. The summed E-state index contributed by atoms with van der Waals surface area (Å²) in [5, 5.41) is 16.6. The van der Waals surface area contributed by atoms with Crippen LogP contribution in [0, 0.1) is 6.92 Å². The van der Waals surface area contributed by atoms with E-state index >= 15 is 0 Å². The highest BCUT2D eigenvalue weighted by molar-refractivity contribution is 7.99. The van der Waals surface area contributed by atoms with Crippen LogP contribution in [0.4, 0.5) is 0 Å². The summed E-state index contributed by atoms with van der Waals surface area (Å²) < 4.78 is 21.9. The summed E-state index contributed by atoms with van der Waals surface area (Å²) in [6.07, 6.45) is 1.59. The van der Waals surface area contributed by atoms with E-state index in [-0.39, 0.29) is 5.25 Å². The van der Waals surface area contributed by atoms with E-state index in [0.29, 0.717) is 22.9 Å². The van der Waals surface area contributed by atoms with E-state index in [4.69, 9.17) is 18.0 Å². The Kier molecular flexibility index (Phi) is 4.68. The van der Waals surface area contributed by atoms with Crippen LogP contribution in [0.3, 0.4) is 0 Å². The molecule has 1 aromatic carbocycles. The van der Waals surface area contributed by atoms with Crippen LogP contribution in [-0.4, -0.2) is 27.5 Å². The molecule has 4 aromatic rings. The van der Waals surface area contributed by atoms with Crippen LogP contribution in [0.15, 0.2) is 55.1 Å². The lowest BCUT2D eigenvalue weighted by Gasteiger charge is -2.02. The van der Waals surface area contributed by atoms with Gasteiger partial charge in [-0.3, -0.25) is 0 Å². The lowest BCUT2D eigenvalue weighted by molar-refractivity contribution is 0.415. The SMILES string of the molecule is COc1ccc(-c2nnc([C@@H](C)Sc3nnc(-c4ccoc4C)o3)o2)cc1. The maximum Gasteiger partial charge on any atom is 0.277 e. The van der Waals surface area contributed by atoms with E-state index in [9.17, 15) is 0 Å². The number of hydrogen-bond acceptors (Lipinski definition) is 9. The normalized spacial score (nSPS) is 12.3. The molecule has 3 aromatic heterocycles. The molecule has 27 heavy (non-hydrogen) atoms. The van der Waals surface area contributed by atoms with Crippen molar-refractivity contribution in [1.29, 1.82) is 0 Å². The molecule has 9 heteroatoms. The molecule has 0 unspecified atom stereocenters. The first-order valence-corrected chi connectivity index (χ1v) is 9.04. The number of rotatable bonds is 6. The number of aromatic nitrogens is 4. The van der Waals surface area contributed by atoms with E-state index in [1.165, 1.54) is 11.8 Å². The van der Waals surface area contributed by atoms with Gasteiger partial charge in [0.05, 0.1) is 24.2 Å². The fourth-order valence-corrected chi connectivity index (χ4v) is 3.14. The lowest BCUT2D eigenvalue weighted by Crippen LogP contribution is -1.88. The van der Waals surface area contributed by atoms with Crippen LogP contribution in [0.5, 0.6) is 5.75 Å². The molecule has 0 amide bonds. The second-order valence-corrected chi connectivity index (χ2v) is 6.99. The molecule has 0 spiro atoms. The van der Waals surface area contributed by atoms with Crippen molar-refractivity contribution in [2.75, 3.05) is 7.11 Å². The molecule has 0 radical (unpaired) electrons. The monoisotopic (exact) mass is 384 g/mol. The van der Waals surface area contributed by atoms with Crippen LogP contribution in [0.2, 0.25) is 0 Å². The predicted molar refractivity (Wildman–Crippen MR) is 97.3 cm³/mol. The van der Waals surface area contributed by atoms with Crippen molar-refractivity contribution in [1.82, 2.24) is 20.4 Å². The maximum absolute atomic E-state index is 5.79. The van der Waals surface area contributed by atoms with E-state index in [2.05, 4.69) is 20.4 Å². The predicted octanol–water partition coefficient (Wildman–Crippen LogP) is 4.55. The van der Waals surface area contributed by atoms with E-state index in [1.807, 2.05) is 38.1 Å². The fourth-order valence-electron chi connectivity index (χ4n) is 2.42. The van der Waals surface area contributed by atoms with Crippen molar-refractivity contribution < 1.29 is 18.0 Å². The molecule has 0 aliphatic carbocycles. The number of furan rings is 1. The zero-order valence-electron chi connectivity index (χ0n) is 14.9. The smallest absolute Gasteiger partial charge is 0.277 e. The standard InChI is InChI=1S/C18H16N4O4S/c1-10-14(8-9-24-10)17-21-22-18(26-17)27-11(2)15-19-20-16(25-15)12-4-6-13(23-3)7-5-12/h4-9,11H,1-3H3/t11-/m1/s1. The molecular weight excluding hydrogens is 368 g/mol. The van der Waals surface area contributed by atoms with Crippen molar-refractivity contribution in [3.05, 3.63) is 48.2 Å². The molecule has 0 fully saturated rings. The van der Waals surface area contributed by atoms with Gasteiger partial charge in [-0.15, -0.1) is 20.4 Å². The number of benzene rings is 1. The van der Waals surface area contributed by atoms with Gasteiger partial charge < -0.3 is 18.0 Å². The van der Waals surface area contributed by atoms with Crippen molar-refractivity contribution >= 4 is 11.8 Å². The largest absolute Gasteiger partial charge is 0.497 e. The third kappa shape index (κ3) is 3.59. The summed E-state index contributed by atoms with van der Waals surface area (Å²) in [5.74, 6) is 2.83. The van der Waals surface area contributed by atoms with Gasteiger partial charge in [0.25, 0.3) is 11.1 Å². The Morgan fingerprint density at radius 2 is 1.74 bits per heavy atom. The molecule has 0 aliphatic heterocycles.